The van der Waals surface area contributed by atoms with Crippen LogP contribution in [0.1, 0.15) is 25.7 Å². The molecule has 0 saturated carbocycles. The summed E-state index contributed by atoms with van der Waals surface area (Å²) in [6, 6.07) is 0. The van der Waals surface area contributed by atoms with Crippen molar-refractivity contribution >= 4 is 0 Å². The summed E-state index contributed by atoms with van der Waals surface area (Å²) in [5.74, 6) is 0.852. The number of ether oxygens (including phenoxy) is 1. The van der Waals surface area contributed by atoms with Crippen LogP contribution in [-0.4, -0.2) is 50.8 Å². The maximum Gasteiger partial charge on any atom is 0.0702 e. The van der Waals surface area contributed by atoms with Crippen LogP contribution in [0.2, 0.25) is 0 Å². The van der Waals surface area contributed by atoms with Crippen LogP contribution in [-0.2, 0) is 4.74 Å². The molecule has 0 aliphatic carbocycles. The van der Waals surface area contributed by atoms with Gasteiger partial charge in [0.15, 0.2) is 0 Å². The molecule has 15 heavy (non-hydrogen) atoms. The van der Waals surface area contributed by atoms with Crippen molar-refractivity contribution < 1.29 is 4.74 Å². The summed E-state index contributed by atoms with van der Waals surface area (Å²) in [6.07, 6.45) is 5.81. The Morgan fingerprint density at radius 2 is 2.27 bits per heavy atom. The van der Waals surface area contributed by atoms with E-state index in [4.69, 9.17) is 4.74 Å². The molecule has 2 fully saturated rings. The van der Waals surface area contributed by atoms with E-state index in [0.717, 1.165) is 12.5 Å². The van der Waals surface area contributed by atoms with Crippen LogP contribution in [0.15, 0.2) is 0 Å². The molecule has 0 bridgehead atoms. The predicted octanol–water partition coefficient (Wildman–Crippen LogP) is 1.10. The Morgan fingerprint density at radius 3 is 3.00 bits per heavy atom. The summed E-state index contributed by atoms with van der Waals surface area (Å²) in [4.78, 5) is 2.60. The van der Waals surface area contributed by atoms with Crippen LogP contribution in [0.25, 0.3) is 0 Å². The first kappa shape index (κ1) is 11.4. The van der Waals surface area contributed by atoms with Crippen molar-refractivity contribution in [1.82, 2.24) is 10.2 Å². The molecule has 2 aliphatic rings. The molecular weight excluding hydrogens is 188 g/mol. The molecule has 3 heteroatoms. The minimum absolute atomic E-state index is 0.526. The molecule has 0 aromatic rings. The summed E-state index contributed by atoms with van der Waals surface area (Å²) in [7, 11) is 2.05. The molecule has 0 amide bonds. The molecular formula is C12H24N2O. The van der Waals surface area contributed by atoms with Crippen molar-refractivity contribution in [3.8, 4) is 0 Å². The van der Waals surface area contributed by atoms with Crippen molar-refractivity contribution in [2.75, 3.05) is 39.8 Å². The Kier molecular flexibility index (Phi) is 4.42. The first-order valence-corrected chi connectivity index (χ1v) is 6.37. The monoisotopic (exact) mass is 212 g/mol. The summed E-state index contributed by atoms with van der Waals surface area (Å²) >= 11 is 0. The highest BCUT2D eigenvalue weighted by Gasteiger charge is 2.23. The topological polar surface area (TPSA) is 24.5 Å². The number of nitrogens with zero attached hydrogens (tertiary/aromatic N) is 1. The van der Waals surface area contributed by atoms with Crippen LogP contribution >= 0.6 is 0 Å². The second-order valence-electron chi connectivity index (χ2n) is 4.96. The fraction of sp³-hybridized carbons (Fsp3) is 1.00. The number of nitrogens with one attached hydrogen (secondary N) is 1. The molecule has 1 N–H and O–H groups in total. The predicted molar refractivity (Wildman–Crippen MR) is 62.1 cm³/mol. The van der Waals surface area contributed by atoms with Crippen molar-refractivity contribution in [1.29, 1.82) is 0 Å². The molecule has 0 radical (unpaired) electrons. The second kappa shape index (κ2) is 5.83. The van der Waals surface area contributed by atoms with Gasteiger partial charge in [-0.3, -0.25) is 0 Å². The fourth-order valence-corrected chi connectivity index (χ4v) is 2.85. The zero-order valence-electron chi connectivity index (χ0n) is 9.87. The maximum atomic E-state index is 5.69. The lowest BCUT2D eigenvalue weighted by Crippen LogP contribution is -2.42. The molecule has 3 nitrogen and oxygen atoms in total. The number of piperidine rings is 1. The molecule has 0 spiro atoms. The van der Waals surface area contributed by atoms with Gasteiger partial charge in [-0.05, 0) is 51.7 Å². The summed E-state index contributed by atoms with van der Waals surface area (Å²) < 4.78 is 5.69. The third-order valence-corrected chi connectivity index (χ3v) is 3.58. The smallest absolute Gasteiger partial charge is 0.0702 e. The maximum absolute atomic E-state index is 5.69. The normalized spacial score (nSPS) is 33.4. The highest BCUT2D eigenvalue weighted by Crippen LogP contribution is 2.19. The van der Waals surface area contributed by atoms with Crippen molar-refractivity contribution in [2.45, 2.75) is 31.8 Å². The van der Waals surface area contributed by atoms with Crippen molar-refractivity contribution in [3.63, 3.8) is 0 Å². The van der Waals surface area contributed by atoms with Gasteiger partial charge in [-0.1, -0.05) is 0 Å². The van der Waals surface area contributed by atoms with E-state index in [-0.39, 0.29) is 0 Å². The lowest BCUT2D eigenvalue weighted by Gasteiger charge is -2.33. The Bertz CT molecular complexity index is 178. The third-order valence-electron chi connectivity index (χ3n) is 3.58. The van der Waals surface area contributed by atoms with E-state index in [0.29, 0.717) is 6.10 Å². The average molecular weight is 212 g/mol. The van der Waals surface area contributed by atoms with E-state index in [2.05, 4.69) is 17.3 Å². The quantitative estimate of drug-likeness (QED) is 0.755. The van der Waals surface area contributed by atoms with Gasteiger partial charge in [0.2, 0.25) is 0 Å². The second-order valence-corrected chi connectivity index (χ2v) is 4.96. The van der Waals surface area contributed by atoms with Gasteiger partial charge >= 0.3 is 0 Å². The van der Waals surface area contributed by atoms with E-state index in [1.807, 2.05) is 0 Å². The van der Waals surface area contributed by atoms with Crippen LogP contribution in [0, 0.1) is 5.92 Å². The van der Waals surface area contributed by atoms with Gasteiger partial charge in [0.05, 0.1) is 6.10 Å². The summed E-state index contributed by atoms with van der Waals surface area (Å²) in [5.41, 5.74) is 0. The van der Waals surface area contributed by atoms with Crippen LogP contribution in [0.3, 0.4) is 0 Å². The summed E-state index contributed by atoms with van der Waals surface area (Å²) in [5, 5.41) is 3.29. The van der Waals surface area contributed by atoms with Gasteiger partial charge < -0.3 is 15.0 Å². The number of likely N-dealkylation sites (tertiary alicyclic amines) is 1. The molecule has 0 aromatic heterocycles. The van der Waals surface area contributed by atoms with Gasteiger partial charge in [0.1, 0.15) is 0 Å². The first-order valence-electron chi connectivity index (χ1n) is 6.37. The van der Waals surface area contributed by atoms with Gasteiger partial charge in [0.25, 0.3) is 0 Å². The van der Waals surface area contributed by atoms with E-state index in [1.54, 1.807) is 0 Å². The summed E-state index contributed by atoms with van der Waals surface area (Å²) in [6.45, 7) is 5.86. The minimum atomic E-state index is 0.526. The largest absolute Gasteiger partial charge is 0.377 e. The van der Waals surface area contributed by atoms with Gasteiger partial charge in [-0.2, -0.15) is 0 Å². The molecule has 88 valence electrons. The third kappa shape index (κ3) is 3.44. The first-order chi connectivity index (χ1) is 7.38. The Labute approximate surface area is 93.2 Å². The van der Waals surface area contributed by atoms with Crippen LogP contribution in [0.4, 0.5) is 0 Å². The lowest BCUT2D eigenvalue weighted by molar-refractivity contribution is 0.0568. The minimum Gasteiger partial charge on any atom is -0.377 e. The van der Waals surface area contributed by atoms with E-state index >= 15 is 0 Å². The number of hydrogen-bond acceptors (Lipinski definition) is 3. The van der Waals surface area contributed by atoms with E-state index < -0.39 is 0 Å². The van der Waals surface area contributed by atoms with Crippen molar-refractivity contribution in [3.05, 3.63) is 0 Å². The number of rotatable bonds is 4. The van der Waals surface area contributed by atoms with E-state index in [9.17, 15) is 0 Å². The van der Waals surface area contributed by atoms with Gasteiger partial charge in [-0.25, -0.2) is 0 Å². The molecule has 2 aliphatic heterocycles. The lowest BCUT2D eigenvalue weighted by atomic mass is 9.97. The zero-order valence-corrected chi connectivity index (χ0v) is 9.87. The highest BCUT2D eigenvalue weighted by molar-refractivity contribution is 4.77. The Morgan fingerprint density at radius 1 is 1.33 bits per heavy atom. The van der Waals surface area contributed by atoms with Gasteiger partial charge in [-0.15, -0.1) is 0 Å². The Hall–Kier alpha value is -0.120. The fourth-order valence-electron chi connectivity index (χ4n) is 2.85. The molecule has 2 unspecified atom stereocenters. The molecule has 2 heterocycles. The highest BCUT2D eigenvalue weighted by atomic mass is 16.5. The Balaban J connectivity index is 1.71. The van der Waals surface area contributed by atoms with Crippen LogP contribution in [0.5, 0.6) is 0 Å². The SMILES string of the molecule is CNCC1CCCN(CC2CCCO2)C1. The standard InChI is InChI=1S/C12H24N2O/c1-13-8-11-4-2-6-14(9-11)10-12-5-3-7-15-12/h11-13H,2-10H2,1H3. The number of hydrogen-bond donors (Lipinski definition) is 1. The molecule has 0 aromatic carbocycles. The molecule has 2 saturated heterocycles. The van der Waals surface area contributed by atoms with Gasteiger partial charge in [0, 0.05) is 19.7 Å². The van der Waals surface area contributed by atoms with Crippen LogP contribution < -0.4 is 5.32 Å². The molecule has 2 rings (SSSR count). The van der Waals surface area contributed by atoms with Crippen molar-refractivity contribution in [2.24, 2.45) is 5.92 Å². The van der Waals surface area contributed by atoms with E-state index in [1.165, 1.54) is 51.9 Å². The molecule has 2 atom stereocenters. The zero-order chi connectivity index (χ0) is 10.5. The average Bonchev–Trinajstić information content (AvgIpc) is 2.71.